The smallest absolute Gasteiger partial charge is 0.270 e. The first-order valence-corrected chi connectivity index (χ1v) is 6.89. The van der Waals surface area contributed by atoms with Crippen LogP contribution in [0.15, 0.2) is 35.9 Å². The van der Waals surface area contributed by atoms with Crippen molar-refractivity contribution in [3.8, 4) is 6.07 Å². The number of rotatable bonds is 4. The Bertz CT molecular complexity index is 870. The molecule has 6 nitrogen and oxygen atoms in total. The molecule has 0 atom stereocenters. The van der Waals surface area contributed by atoms with Gasteiger partial charge in [0.1, 0.15) is 11.6 Å². The van der Waals surface area contributed by atoms with Gasteiger partial charge in [0.15, 0.2) is 0 Å². The van der Waals surface area contributed by atoms with Crippen LogP contribution in [0.1, 0.15) is 27.3 Å². The highest BCUT2D eigenvalue weighted by molar-refractivity contribution is 6.14. The summed E-state index contributed by atoms with van der Waals surface area (Å²) >= 11 is 0. The average Bonchev–Trinajstić information content (AvgIpc) is 2.79. The molecule has 0 aliphatic heterocycles. The van der Waals surface area contributed by atoms with Gasteiger partial charge in [-0.25, -0.2) is 0 Å². The summed E-state index contributed by atoms with van der Waals surface area (Å²) in [6.07, 6.45) is 1.52. The summed E-state index contributed by atoms with van der Waals surface area (Å²) in [6, 6.07) is 9.14. The summed E-state index contributed by atoms with van der Waals surface area (Å²) < 4.78 is 1.96. The molecule has 116 valence electrons. The summed E-state index contributed by atoms with van der Waals surface area (Å²) in [5.74, 6) is -0.530. The van der Waals surface area contributed by atoms with Crippen LogP contribution in [0.2, 0.25) is 0 Å². The average molecular weight is 309 g/mol. The number of aryl methyl sites for hydroxylation is 1. The lowest BCUT2D eigenvalue weighted by molar-refractivity contribution is -0.384. The molecule has 23 heavy (non-hydrogen) atoms. The third-order valence-electron chi connectivity index (χ3n) is 3.80. The summed E-state index contributed by atoms with van der Waals surface area (Å²) in [6.45, 7) is 3.82. The van der Waals surface area contributed by atoms with Crippen LogP contribution in [0.25, 0.3) is 6.08 Å². The Kier molecular flexibility index (Phi) is 4.42. The normalized spacial score (nSPS) is 11.1. The molecular weight excluding hydrogens is 294 g/mol. The van der Waals surface area contributed by atoms with Gasteiger partial charge in [0.25, 0.3) is 5.69 Å². The van der Waals surface area contributed by atoms with Gasteiger partial charge in [-0.15, -0.1) is 0 Å². The summed E-state index contributed by atoms with van der Waals surface area (Å²) in [7, 11) is 1.90. The van der Waals surface area contributed by atoms with Gasteiger partial charge in [-0.3, -0.25) is 14.9 Å². The Morgan fingerprint density at radius 1 is 1.35 bits per heavy atom. The fourth-order valence-corrected chi connectivity index (χ4v) is 2.25. The number of nitrogens with zero attached hydrogens (tertiary/aromatic N) is 3. The molecule has 0 saturated heterocycles. The molecule has 0 fully saturated rings. The van der Waals surface area contributed by atoms with E-state index in [2.05, 4.69) is 0 Å². The van der Waals surface area contributed by atoms with Gasteiger partial charge in [-0.2, -0.15) is 5.26 Å². The Morgan fingerprint density at radius 2 is 2.04 bits per heavy atom. The number of carbonyl (C=O) groups is 1. The van der Waals surface area contributed by atoms with Crippen molar-refractivity contribution in [1.29, 1.82) is 5.26 Å². The molecule has 0 aliphatic rings. The summed E-state index contributed by atoms with van der Waals surface area (Å²) in [5, 5.41) is 20.1. The van der Waals surface area contributed by atoms with Crippen molar-refractivity contribution < 1.29 is 9.72 Å². The molecule has 1 aromatic heterocycles. The lowest BCUT2D eigenvalue weighted by atomic mass is 10.0. The summed E-state index contributed by atoms with van der Waals surface area (Å²) in [4.78, 5) is 22.7. The van der Waals surface area contributed by atoms with E-state index in [1.54, 1.807) is 0 Å². The zero-order chi connectivity index (χ0) is 17.1. The number of allylic oxidation sites excluding steroid dienone is 1. The number of nitriles is 1. The molecule has 1 aromatic carbocycles. The highest BCUT2D eigenvalue weighted by Gasteiger charge is 2.16. The maximum absolute atomic E-state index is 12.4. The molecule has 2 rings (SSSR count). The second-order valence-electron chi connectivity index (χ2n) is 5.19. The van der Waals surface area contributed by atoms with E-state index < -0.39 is 10.7 Å². The Balaban J connectivity index is 2.45. The maximum Gasteiger partial charge on any atom is 0.270 e. The number of non-ortho nitro benzene ring substituents is 1. The molecule has 0 N–H and O–H groups in total. The zero-order valence-corrected chi connectivity index (χ0v) is 13.0. The van der Waals surface area contributed by atoms with Crippen LogP contribution in [0, 0.1) is 35.3 Å². The van der Waals surface area contributed by atoms with Gasteiger partial charge in [-0.05, 0) is 31.6 Å². The number of aromatic nitrogens is 1. The first-order chi connectivity index (χ1) is 10.8. The third kappa shape index (κ3) is 3.19. The van der Waals surface area contributed by atoms with E-state index in [1.165, 1.54) is 30.3 Å². The van der Waals surface area contributed by atoms with Gasteiger partial charge in [0.2, 0.25) is 5.78 Å². The molecule has 2 aromatic rings. The van der Waals surface area contributed by atoms with E-state index in [-0.39, 0.29) is 16.8 Å². The molecule has 0 saturated carbocycles. The van der Waals surface area contributed by atoms with E-state index >= 15 is 0 Å². The number of hydrogen-bond acceptors (Lipinski definition) is 4. The number of ketones is 1. The van der Waals surface area contributed by atoms with Crippen molar-refractivity contribution in [3.05, 3.63) is 68.5 Å². The van der Waals surface area contributed by atoms with E-state index in [0.717, 1.165) is 17.0 Å². The number of hydrogen-bond donors (Lipinski definition) is 0. The van der Waals surface area contributed by atoms with Gasteiger partial charge in [-0.1, -0.05) is 12.1 Å². The lowest BCUT2D eigenvalue weighted by Gasteiger charge is -2.01. The van der Waals surface area contributed by atoms with Gasteiger partial charge >= 0.3 is 0 Å². The first kappa shape index (κ1) is 16.2. The quantitative estimate of drug-likeness (QED) is 0.285. The molecule has 0 radical (unpaired) electrons. The fraction of sp³-hybridized carbons (Fsp3) is 0.176. The number of Topliss-reactive ketones (excluding diaryl/α,β-unsaturated/α-hetero) is 1. The Hall–Kier alpha value is -3.20. The largest absolute Gasteiger partial charge is 0.352 e. The predicted molar refractivity (Wildman–Crippen MR) is 85.9 cm³/mol. The SMILES string of the molecule is Cc1cc(C=C(C#N)C(=O)c2cccc([N+](=O)[O-])c2)c(C)n1C. The topological polar surface area (TPSA) is 88.9 Å². The van der Waals surface area contributed by atoms with Gasteiger partial charge in [0.05, 0.1) is 4.92 Å². The van der Waals surface area contributed by atoms with Crippen molar-refractivity contribution in [2.45, 2.75) is 13.8 Å². The molecule has 0 bridgehead atoms. The molecule has 6 heteroatoms. The standard InChI is InChI=1S/C17H15N3O3/c1-11-7-14(12(2)19(11)3)8-15(10-18)17(21)13-5-4-6-16(9-13)20(22)23/h4-9H,1-3H3. The van der Waals surface area contributed by atoms with Crippen molar-refractivity contribution >= 4 is 17.5 Å². The predicted octanol–water partition coefficient (Wildman–Crippen LogP) is 3.34. The number of nitro groups is 1. The zero-order valence-electron chi connectivity index (χ0n) is 13.0. The minimum atomic E-state index is -0.572. The van der Waals surface area contributed by atoms with Crippen LogP contribution in [-0.2, 0) is 7.05 Å². The lowest BCUT2D eigenvalue weighted by Crippen LogP contribution is -2.03. The first-order valence-electron chi connectivity index (χ1n) is 6.89. The van der Waals surface area contributed by atoms with Crippen molar-refractivity contribution in [1.82, 2.24) is 4.57 Å². The van der Waals surface area contributed by atoms with Crippen molar-refractivity contribution in [2.24, 2.45) is 7.05 Å². The highest BCUT2D eigenvalue weighted by atomic mass is 16.6. The van der Waals surface area contributed by atoms with E-state index in [9.17, 15) is 20.2 Å². The number of nitro benzene ring substituents is 1. The number of carbonyl (C=O) groups excluding carboxylic acids is 1. The second kappa shape index (κ2) is 6.28. The molecular formula is C17H15N3O3. The minimum Gasteiger partial charge on any atom is -0.352 e. The minimum absolute atomic E-state index is 0.0563. The highest BCUT2D eigenvalue weighted by Crippen LogP contribution is 2.20. The van der Waals surface area contributed by atoms with Crippen LogP contribution >= 0.6 is 0 Å². The van der Waals surface area contributed by atoms with Crippen LogP contribution in [0.3, 0.4) is 0 Å². The van der Waals surface area contributed by atoms with Crippen LogP contribution in [0.4, 0.5) is 5.69 Å². The van der Waals surface area contributed by atoms with Crippen LogP contribution in [0.5, 0.6) is 0 Å². The Labute approximate surface area is 133 Å². The van der Waals surface area contributed by atoms with Gasteiger partial charge in [0, 0.05) is 36.1 Å². The second-order valence-corrected chi connectivity index (χ2v) is 5.19. The number of benzene rings is 1. The molecule has 0 unspecified atom stereocenters. The molecule has 1 heterocycles. The molecule has 0 aliphatic carbocycles. The van der Waals surface area contributed by atoms with Crippen LogP contribution in [-0.4, -0.2) is 15.3 Å². The van der Waals surface area contributed by atoms with Crippen molar-refractivity contribution in [2.75, 3.05) is 0 Å². The van der Waals surface area contributed by atoms with E-state index in [1.807, 2.05) is 37.6 Å². The maximum atomic E-state index is 12.4. The monoisotopic (exact) mass is 309 g/mol. The van der Waals surface area contributed by atoms with E-state index in [4.69, 9.17) is 0 Å². The van der Waals surface area contributed by atoms with Gasteiger partial charge < -0.3 is 4.57 Å². The summed E-state index contributed by atoms with van der Waals surface area (Å²) in [5.41, 5.74) is 2.60. The fourth-order valence-electron chi connectivity index (χ4n) is 2.25. The third-order valence-corrected chi connectivity index (χ3v) is 3.80. The Morgan fingerprint density at radius 3 is 2.57 bits per heavy atom. The van der Waals surface area contributed by atoms with E-state index in [0.29, 0.717) is 0 Å². The van der Waals surface area contributed by atoms with Crippen molar-refractivity contribution in [3.63, 3.8) is 0 Å². The molecule has 0 spiro atoms. The van der Waals surface area contributed by atoms with Crippen LogP contribution < -0.4 is 0 Å². The molecule has 0 amide bonds.